The number of amides is 2. The number of urea groups is 1. The highest BCUT2D eigenvalue weighted by molar-refractivity contribution is 5.90. The maximum absolute atomic E-state index is 11.9. The van der Waals surface area contributed by atoms with Crippen molar-refractivity contribution in [3.63, 3.8) is 0 Å². The molecular formula is C18H21N3O. The molecular weight excluding hydrogens is 274 g/mol. The van der Waals surface area contributed by atoms with Gasteiger partial charge in [-0.3, -0.25) is 0 Å². The van der Waals surface area contributed by atoms with E-state index in [0.717, 1.165) is 16.9 Å². The lowest BCUT2D eigenvalue weighted by atomic mass is 10.1. The first-order chi connectivity index (χ1) is 10.5. The largest absolute Gasteiger partial charge is 0.378 e. The highest BCUT2D eigenvalue weighted by atomic mass is 16.2. The summed E-state index contributed by atoms with van der Waals surface area (Å²) >= 11 is 0. The van der Waals surface area contributed by atoms with Crippen LogP contribution in [0.25, 0.3) is 6.08 Å². The van der Waals surface area contributed by atoms with Crippen LogP contribution in [0.3, 0.4) is 0 Å². The molecule has 0 saturated heterocycles. The molecule has 2 amide bonds. The Kier molecular flexibility index (Phi) is 5.20. The van der Waals surface area contributed by atoms with Gasteiger partial charge in [0.05, 0.1) is 0 Å². The number of anilines is 2. The van der Waals surface area contributed by atoms with E-state index in [1.54, 1.807) is 6.20 Å². The molecule has 0 aliphatic heterocycles. The van der Waals surface area contributed by atoms with Crippen molar-refractivity contribution in [2.75, 3.05) is 24.3 Å². The van der Waals surface area contributed by atoms with Gasteiger partial charge in [-0.2, -0.15) is 0 Å². The molecule has 2 rings (SSSR count). The van der Waals surface area contributed by atoms with Gasteiger partial charge in [-0.1, -0.05) is 35.9 Å². The zero-order valence-corrected chi connectivity index (χ0v) is 13.1. The quantitative estimate of drug-likeness (QED) is 0.899. The second-order valence-electron chi connectivity index (χ2n) is 5.29. The first kappa shape index (κ1) is 15.6. The van der Waals surface area contributed by atoms with Crippen molar-refractivity contribution in [1.29, 1.82) is 0 Å². The minimum absolute atomic E-state index is 0.265. The van der Waals surface area contributed by atoms with Crippen LogP contribution in [0.1, 0.15) is 11.1 Å². The second kappa shape index (κ2) is 7.31. The SMILES string of the molecule is Cc1ccc(/C=C/NC(=O)Nc2cccc(N(C)C)c2)cc1. The van der Waals surface area contributed by atoms with Gasteiger partial charge < -0.3 is 15.5 Å². The highest BCUT2D eigenvalue weighted by Gasteiger charge is 2.01. The Morgan fingerprint density at radius 1 is 1.09 bits per heavy atom. The van der Waals surface area contributed by atoms with E-state index in [1.807, 2.05) is 80.5 Å². The zero-order chi connectivity index (χ0) is 15.9. The van der Waals surface area contributed by atoms with Gasteiger partial charge in [0.15, 0.2) is 0 Å². The predicted molar refractivity (Wildman–Crippen MR) is 93.1 cm³/mol. The summed E-state index contributed by atoms with van der Waals surface area (Å²) in [4.78, 5) is 13.8. The van der Waals surface area contributed by atoms with E-state index in [-0.39, 0.29) is 6.03 Å². The van der Waals surface area contributed by atoms with E-state index in [2.05, 4.69) is 10.6 Å². The van der Waals surface area contributed by atoms with E-state index in [9.17, 15) is 4.79 Å². The fourth-order valence-electron chi connectivity index (χ4n) is 1.92. The van der Waals surface area contributed by atoms with Gasteiger partial charge in [0.25, 0.3) is 0 Å². The number of nitrogens with zero attached hydrogens (tertiary/aromatic N) is 1. The van der Waals surface area contributed by atoms with Crippen LogP contribution in [-0.4, -0.2) is 20.1 Å². The number of aryl methyl sites for hydroxylation is 1. The minimum atomic E-state index is -0.265. The van der Waals surface area contributed by atoms with Crippen molar-refractivity contribution < 1.29 is 4.79 Å². The summed E-state index contributed by atoms with van der Waals surface area (Å²) in [5.74, 6) is 0. The fourth-order valence-corrected chi connectivity index (χ4v) is 1.92. The van der Waals surface area contributed by atoms with Crippen molar-refractivity contribution in [2.45, 2.75) is 6.92 Å². The molecule has 0 bridgehead atoms. The molecule has 0 aliphatic rings. The van der Waals surface area contributed by atoms with Crippen LogP contribution < -0.4 is 15.5 Å². The normalized spacial score (nSPS) is 10.5. The third-order valence-corrected chi connectivity index (χ3v) is 3.19. The van der Waals surface area contributed by atoms with Crippen LogP contribution >= 0.6 is 0 Å². The molecule has 0 fully saturated rings. The van der Waals surface area contributed by atoms with E-state index in [0.29, 0.717) is 0 Å². The molecule has 0 aliphatic carbocycles. The lowest BCUT2D eigenvalue weighted by Gasteiger charge is -2.13. The molecule has 0 atom stereocenters. The molecule has 0 heterocycles. The third kappa shape index (κ3) is 4.66. The predicted octanol–water partition coefficient (Wildman–Crippen LogP) is 3.85. The number of hydrogen-bond donors (Lipinski definition) is 2. The summed E-state index contributed by atoms with van der Waals surface area (Å²) in [6.45, 7) is 2.04. The summed E-state index contributed by atoms with van der Waals surface area (Å²) in [5, 5.41) is 5.50. The molecule has 22 heavy (non-hydrogen) atoms. The van der Waals surface area contributed by atoms with Gasteiger partial charge in [-0.25, -0.2) is 4.79 Å². The van der Waals surface area contributed by atoms with Crippen molar-refractivity contribution in [3.8, 4) is 0 Å². The summed E-state index contributed by atoms with van der Waals surface area (Å²) in [5.41, 5.74) is 4.05. The number of nitrogens with one attached hydrogen (secondary N) is 2. The Hall–Kier alpha value is -2.75. The summed E-state index contributed by atoms with van der Waals surface area (Å²) in [6, 6.07) is 15.5. The van der Waals surface area contributed by atoms with Gasteiger partial charge >= 0.3 is 6.03 Å². The average Bonchev–Trinajstić information content (AvgIpc) is 2.49. The minimum Gasteiger partial charge on any atom is -0.378 e. The molecule has 4 heteroatoms. The molecule has 0 radical (unpaired) electrons. The van der Waals surface area contributed by atoms with Crippen LogP contribution in [-0.2, 0) is 0 Å². The Labute approximate surface area is 131 Å². The first-order valence-corrected chi connectivity index (χ1v) is 7.13. The van der Waals surface area contributed by atoms with E-state index >= 15 is 0 Å². The summed E-state index contributed by atoms with van der Waals surface area (Å²) in [7, 11) is 3.92. The van der Waals surface area contributed by atoms with Crippen molar-refractivity contribution in [1.82, 2.24) is 5.32 Å². The molecule has 4 nitrogen and oxygen atoms in total. The Balaban J connectivity index is 1.90. The average molecular weight is 295 g/mol. The summed E-state index contributed by atoms with van der Waals surface area (Å²) < 4.78 is 0. The molecule has 0 saturated carbocycles. The van der Waals surface area contributed by atoms with Crippen molar-refractivity contribution in [3.05, 3.63) is 65.9 Å². The Bertz CT molecular complexity index is 660. The zero-order valence-electron chi connectivity index (χ0n) is 13.1. The Morgan fingerprint density at radius 3 is 2.50 bits per heavy atom. The van der Waals surface area contributed by atoms with Gasteiger partial charge in [0.2, 0.25) is 0 Å². The van der Waals surface area contributed by atoms with Gasteiger partial charge in [0.1, 0.15) is 0 Å². The topological polar surface area (TPSA) is 44.4 Å². The molecule has 0 spiro atoms. The Morgan fingerprint density at radius 2 is 1.82 bits per heavy atom. The van der Waals surface area contributed by atoms with Gasteiger partial charge in [-0.15, -0.1) is 0 Å². The van der Waals surface area contributed by atoms with Crippen LogP contribution in [0.15, 0.2) is 54.7 Å². The maximum atomic E-state index is 11.9. The molecule has 2 aromatic rings. The van der Waals surface area contributed by atoms with Gasteiger partial charge in [-0.05, 0) is 36.8 Å². The lowest BCUT2D eigenvalue weighted by Crippen LogP contribution is -2.23. The van der Waals surface area contributed by atoms with Crippen molar-refractivity contribution >= 4 is 23.5 Å². The van der Waals surface area contributed by atoms with Crippen LogP contribution in [0.5, 0.6) is 0 Å². The highest BCUT2D eigenvalue weighted by Crippen LogP contribution is 2.17. The number of rotatable bonds is 4. The van der Waals surface area contributed by atoms with E-state index < -0.39 is 0 Å². The maximum Gasteiger partial charge on any atom is 0.323 e. The number of benzene rings is 2. The fraction of sp³-hybridized carbons (Fsp3) is 0.167. The van der Waals surface area contributed by atoms with Crippen LogP contribution in [0, 0.1) is 6.92 Å². The number of hydrogen-bond acceptors (Lipinski definition) is 2. The molecule has 0 unspecified atom stereocenters. The molecule has 114 valence electrons. The monoisotopic (exact) mass is 295 g/mol. The first-order valence-electron chi connectivity index (χ1n) is 7.13. The van der Waals surface area contributed by atoms with E-state index in [4.69, 9.17) is 0 Å². The summed E-state index contributed by atoms with van der Waals surface area (Å²) in [6.07, 6.45) is 3.49. The smallest absolute Gasteiger partial charge is 0.323 e. The van der Waals surface area contributed by atoms with Crippen LogP contribution in [0.2, 0.25) is 0 Å². The molecule has 0 aromatic heterocycles. The molecule has 2 N–H and O–H groups in total. The lowest BCUT2D eigenvalue weighted by molar-refractivity contribution is 0.255. The van der Waals surface area contributed by atoms with Gasteiger partial charge in [0, 0.05) is 31.7 Å². The van der Waals surface area contributed by atoms with E-state index in [1.165, 1.54) is 5.56 Å². The molecule has 2 aromatic carbocycles. The third-order valence-electron chi connectivity index (χ3n) is 3.19. The second-order valence-corrected chi connectivity index (χ2v) is 5.29. The van der Waals surface area contributed by atoms with Crippen LogP contribution in [0.4, 0.5) is 16.2 Å². The number of carbonyl (C=O) groups is 1. The van der Waals surface area contributed by atoms with Crippen molar-refractivity contribution in [2.24, 2.45) is 0 Å². The number of carbonyl (C=O) groups excluding carboxylic acids is 1. The standard InChI is InChI=1S/C18H21N3O/c1-14-7-9-15(10-8-14)11-12-19-18(22)20-16-5-4-6-17(13-16)21(2)3/h4-13H,1-3H3,(H2,19,20,22)/b12-11+.